The molecule has 0 unspecified atom stereocenters. The second kappa shape index (κ2) is 6.88. The van der Waals surface area contributed by atoms with Gasteiger partial charge in [0.2, 0.25) is 0 Å². The molecular weight excluding hydrogens is 362 g/mol. The molecule has 0 saturated carbocycles. The lowest BCUT2D eigenvalue weighted by atomic mass is 10.2. The SMILES string of the molecule is Cc1nc2ccc(C(=O)OCc3csc(-c4cnn(C)c4)n3)cc2nc1C. The summed E-state index contributed by atoms with van der Waals surface area (Å²) in [6, 6.07) is 5.20. The van der Waals surface area contributed by atoms with Gasteiger partial charge in [-0.15, -0.1) is 11.3 Å². The highest BCUT2D eigenvalue weighted by atomic mass is 32.1. The molecule has 0 spiro atoms. The maximum absolute atomic E-state index is 12.4. The van der Waals surface area contributed by atoms with Crippen LogP contribution in [0.15, 0.2) is 36.0 Å². The molecule has 0 radical (unpaired) electrons. The number of ether oxygens (including phenoxy) is 1. The Labute approximate surface area is 159 Å². The fraction of sp³-hybridized carbons (Fsp3) is 0.211. The Morgan fingerprint density at radius 3 is 2.67 bits per heavy atom. The summed E-state index contributed by atoms with van der Waals surface area (Å²) in [6.07, 6.45) is 3.66. The molecular formula is C19H17N5O2S. The number of thiazole rings is 1. The number of fused-ring (bicyclic) bond motifs is 1. The third-order valence-corrected chi connectivity index (χ3v) is 5.11. The highest BCUT2D eigenvalue weighted by molar-refractivity contribution is 7.13. The Morgan fingerprint density at radius 2 is 1.93 bits per heavy atom. The van der Waals surface area contributed by atoms with E-state index in [-0.39, 0.29) is 6.61 Å². The van der Waals surface area contributed by atoms with Gasteiger partial charge in [0.05, 0.1) is 39.9 Å². The van der Waals surface area contributed by atoms with E-state index in [0.29, 0.717) is 16.8 Å². The topological polar surface area (TPSA) is 82.8 Å². The van der Waals surface area contributed by atoms with E-state index in [0.717, 1.165) is 27.5 Å². The van der Waals surface area contributed by atoms with Crippen LogP contribution in [0.4, 0.5) is 0 Å². The van der Waals surface area contributed by atoms with Gasteiger partial charge in [-0.2, -0.15) is 5.10 Å². The third-order valence-electron chi connectivity index (χ3n) is 4.17. The highest BCUT2D eigenvalue weighted by Gasteiger charge is 2.12. The summed E-state index contributed by atoms with van der Waals surface area (Å²) in [4.78, 5) is 25.8. The first-order valence-corrected chi connectivity index (χ1v) is 9.23. The molecule has 0 amide bonds. The van der Waals surface area contributed by atoms with Gasteiger partial charge in [0.15, 0.2) is 0 Å². The molecule has 3 heterocycles. The minimum atomic E-state index is -0.409. The van der Waals surface area contributed by atoms with Gasteiger partial charge >= 0.3 is 5.97 Å². The predicted octanol–water partition coefficient (Wildman–Crippen LogP) is 3.46. The van der Waals surface area contributed by atoms with Crippen LogP contribution in [0, 0.1) is 13.8 Å². The van der Waals surface area contributed by atoms with Gasteiger partial charge in [0, 0.05) is 24.2 Å². The van der Waals surface area contributed by atoms with Crippen LogP contribution >= 0.6 is 11.3 Å². The number of esters is 1. The van der Waals surface area contributed by atoms with Crippen molar-refractivity contribution < 1.29 is 9.53 Å². The smallest absolute Gasteiger partial charge is 0.338 e. The normalized spacial score (nSPS) is 11.1. The van der Waals surface area contributed by atoms with Crippen molar-refractivity contribution in [2.24, 2.45) is 7.05 Å². The summed E-state index contributed by atoms with van der Waals surface area (Å²) < 4.78 is 7.13. The zero-order valence-corrected chi connectivity index (χ0v) is 15.9. The van der Waals surface area contributed by atoms with E-state index in [9.17, 15) is 4.79 Å². The Bertz CT molecular complexity index is 1150. The molecule has 3 aromatic heterocycles. The number of aromatic nitrogens is 5. The van der Waals surface area contributed by atoms with Gasteiger partial charge in [-0.3, -0.25) is 4.68 Å². The maximum atomic E-state index is 12.4. The molecule has 0 aliphatic heterocycles. The molecule has 136 valence electrons. The van der Waals surface area contributed by atoms with Crippen LogP contribution < -0.4 is 0 Å². The Kier molecular flexibility index (Phi) is 4.41. The summed E-state index contributed by atoms with van der Waals surface area (Å²) in [5, 5.41) is 6.87. The first kappa shape index (κ1) is 17.3. The van der Waals surface area contributed by atoms with Gasteiger partial charge < -0.3 is 4.74 Å². The number of rotatable bonds is 4. The van der Waals surface area contributed by atoms with E-state index in [2.05, 4.69) is 20.1 Å². The molecule has 0 aliphatic rings. The van der Waals surface area contributed by atoms with Crippen molar-refractivity contribution in [2.75, 3.05) is 0 Å². The quantitative estimate of drug-likeness (QED) is 0.505. The summed E-state index contributed by atoms with van der Waals surface area (Å²) in [5.41, 5.74) is 5.26. The first-order valence-electron chi connectivity index (χ1n) is 8.35. The van der Waals surface area contributed by atoms with Crippen LogP contribution in [-0.2, 0) is 18.4 Å². The Hall–Kier alpha value is -3.13. The van der Waals surface area contributed by atoms with Crippen LogP contribution in [-0.4, -0.2) is 30.7 Å². The summed E-state index contributed by atoms with van der Waals surface area (Å²) in [7, 11) is 1.86. The van der Waals surface area contributed by atoms with Gasteiger partial charge in [0.25, 0.3) is 0 Å². The number of hydrogen-bond acceptors (Lipinski definition) is 7. The minimum absolute atomic E-state index is 0.117. The zero-order chi connectivity index (χ0) is 19.0. The molecule has 0 fully saturated rings. The molecule has 0 N–H and O–H groups in total. The van der Waals surface area contributed by atoms with E-state index >= 15 is 0 Å². The molecule has 4 aromatic rings. The molecule has 1 aromatic carbocycles. The predicted molar refractivity (Wildman–Crippen MR) is 102 cm³/mol. The lowest BCUT2D eigenvalue weighted by Gasteiger charge is -2.06. The van der Waals surface area contributed by atoms with Crippen molar-refractivity contribution in [2.45, 2.75) is 20.5 Å². The Balaban J connectivity index is 1.47. The average molecular weight is 379 g/mol. The standard InChI is InChI=1S/C19H17N5O2S/c1-11-12(2)22-17-6-13(4-5-16(17)21-11)19(25)26-9-15-10-27-18(23-15)14-7-20-24(3)8-14/h4-8,10H,9H2,1-3H3. The fourth-order valence-corrected chi connectivity index (χ4v) is 3.40. The second-order valence-corrected chi connectivity index (χ2v) is 7.08. The number of hydrogen-bond donors (Lipinski definition) is 0. The van der Waals surface area contributed by atoms with E-state index < -0.39 is 5.97 Å². The third kappa shape index (κ3) is 3.56. The molecule has 8 heteroatoms. The summed E-state index contributed by atoms with van der Waals surface area (Å²) in [5.74, 6) is -0.409. The van der Waals surface area contributed by atoms with Crippen LogP contribution in [0.25, 0.3) is 21.6 Å². The summed E-state index contributed by atoms with van der Waals surface area (Å²) >= 11 is 1.49. The number of nitrogens with zero attached hydrogens (tertiary/aromatic N) is 5. The number of carbonyl (C=O) groups excluding carboxylic acids is 1. The van der Waals surface area contributed by atoms with Crippen LogP contribution in [0.2, 0.25) is 0 Å². The van der Waals surface area contributed by atoms with Crippen molar-refractivity contribution in [3.05, 3.63) is 58.6 Å². The number of carbonyl (C=O) groups is 1. The molecule has 0 bridgehead atoms. The van der Waals surface area contributed by atoms with Crippen molar-refractivity contribution in [3.8, 4) is 10.6 Å². The highest BCUT2D eigenvalue weighted by Crippen LogP contribution is 2.23. The lowest BCUT2D eigenvalue weighted by molar-refractivity contribution is 0.0468. The van der Waals surface area contributed by atoms with Gasteiger partial charge in [-0.25, -0.2) is 19.7 Å². The van der Waals surface area contributed by atoms with E-state index in [4.69, 9.17) is 4.74 Å². The maximum Gasteiger partial charge on any atom is 0.338 e. The Morgan fingerprint density at radius 1 is 1.15 bits per heavy atom. The van der Waals surface area contributed by atoms with E-state index in [1.54, 1.807) is 29.1 Å². The van der Waals surface area contributed by atoms with Crippen LogP contribution in [0.3, 0.4) is 0 Å². The minimum Gasteiger partial charge on any atom is -0.456 e. The fourth-order valence-electron chi connectivity index (χ4n) is 2.62. The molecule has 0 atom stereocenters. The largest absolute Gasteiger partial charge is 0.456 e. The molecule has 0 saturated heterocycles. The molecule has 0 aliphatic carbocycles. The van der Waals surface area contributed by atoms with E-state index in [1.165, 1.54) is 11.3 Å². The summed E-state index contributed by atoms with van der Waals surface area (Å²) in [6.45, 7) is 3.93. The van der Waals surface area contributed by atoms with E-state index in [1.807, 2.05) is 32.5 Å². The lowest BCUT2D eigenvalue weighted by Crippen LogP contribution is -2.06. The average Bonchev–Trinajstić information content (AvgIpc) is 3.29. The van der Waals surface area contributed by atoms with Crippen LogP contribution in [0.5, 0.6) is 0 Å². The first-order chi connectivity index (χ1) is 13.0. The monoisotopic (exact) mass is 379 g/mol. The number of benzene rings is 1. The van der Waals surface area contributed by atoms with Crippen molar-refractivity contribution >= 4 is 28.3 Å². The molecule has 4 rings (SSSR count). The van der Waals surface area contributed by atoms with Crippen LogP contribution in [0.1, 0.15) is 27.4 Å². The molecule has 7 nitrogen and oxygen atoms in total. The number of aryl methyl sites for hydroxylation is 3. The van der Waals surface area contributed by atoms with Crippen molar-refractivity contribution in [3.63, 3.8) is 0 Å². The second-order valence-electron chi connectivity index (χ2n) is 6.22. The van der Waals surface area contributed by atoms with Gasteiger partial charge in [-0.1, -0.05) is 0 Å². The van der Waals surface area contributed by atoms with Gasteiger partial charge in [-0.05, 0) is 32.0 Å². The van der Waals surface area contributed by atoms with Crippen molar-refractivity contribution in [1.29, 1.82) is 0 Å². The van der Waals surface area contributed by atoms with Crippen molar-refractivity contribution in [1.82, 2.24) is 24.7 Å². The van der Waals surface area contributed by atoms with Gasteiger partial charge in [0.1, 0.15) is 11.6 Å². The zero-order valence-electron chi connectivity index (χ0n) is 15.1. The molecule has 27 heavy (non-hydrogen) atoms.